The first-order valence-corrected chi connectivity index (χ1v) is 9.60. The van der Waals surface area contributed by atoms with Crippen LogP contribution >= 0.6 is 11.3 Å². The number of para-hydroxylation sites is 1. The quantitative estimate of drug-likeness (QED) is 0.718. The number of carbonyl (C=O) groups excluding carboxylic acids is 1. The van der Waals surface area contributed by atoms with Gasteiger partial charge in [0.1, 0.15) is 5.52 Å². The van der Waals surface area contributed by atoms with Gasteiger partial charge in [0, 0.05) is 17.7 Å². The summed E-state index contributed by atoms with van der Waals surface area (Å²) in [6.07, 6.45) is 2.06. The minimum atomic E-state index is 0.132. The largest absolute Gasteiger partial charge is 0.346 e. The van der Waals surface area contributed by atoms with Crippen LogP contribution < -0.4 is 10.2 Å². The number of nitrogens with one attached hydrogen (secondary N) is 2. The number of hydrogen-bond acceptors (Lipinski definition) is 4. The zero-order valence-electron chi connectivity index (χ0n) is 14.0. The smallest absolute Gasteiger partial charge is 0.275 e. The van der Waals surface area contributed by atoms with Gasteiger partial charge in [0.05, 0.1) is 31.2 Å². The highest BCUT2D eigenvalue weighted by Gasteiger charge is 2.26. The SMILES string of the molecule is O=C(C[NH+]1CCC(n2nnc3ccccc32)CC1)NCc1cccs1. The van der Waals surface area contributed by atoms with Gasteiger partial charge in [-0.25, -0.2) is 4.68 Å². The zero-order chi connectivity index (χ0) is 17.1. The number of fused-ring (bicyclic) bond motifs is 1. The van der Waals surface area contributed by atoms with Gasteiger partial charge in [0.15, 0.2) is 6.54 Å². The predicted molar refractivity (Wildman–Crippen MR) is 97.5 cm³/mol. The Bertz CT molecular complexity index is 836. The van der Waals surface area contributed by atoms with Crippen LogP contribution in [0.5, 0.6) is 0 Å². The minimum Gasteiger partial charge on any atom is -0.346 e. The fraction of sp³-hybridized carbons (Fsp3) is 0.389. The fourth-order valence-electron chi connectivity index (χ4n) is 3.48. The van der Waals surface area contributed by atoms with Crippen molar-refractivity contribution in [1.82, 2.24) is 20.3 Å². The summed E-state index contributed by atoms with van der Waals surface area (Å²) in [5.74, 6) is 0.132. The van der Waals surface area contributed by atoms with Crippen LogP contribution in [0.1, 0.15) is 23.8 Å². The van der Waals surface area contributed by atoms with E-state index in [9.17, 15) is 4.79 Å². The molecule has 7 heteroatoms. The second-order valence-corrected chi connectivity index (χ2v) is 7.57. The number of nitrogens with zero attached hydrogens (tertiary/aromatic N) is 3. The molecule has 1 aliphatic rings. The summed E-state index contributed by atoms with van der Waals surface area (Å²) in [5.41, 5.74) is 2.05. The van der Waals surface area contributed by atoms with E-state index < -0.39 is 0 Å². The lowest BCUT2D eigenvalue weighted by atomic mass is 10.0. The lowest BCUT2D eigenvalue weighted by molar-refractivity contribution is -0.897. The van der Waals surface area contributed by atoms with Gasteiger partial charge in [-0.05, 0) is 23.6 Å². The van der Waals surface area contributed by atoms with E-state index in [4.69, 9.17) is 0 Å². The first-order valence-electron chi connectivity index (χ1n) is 8.72. The van der Waals surface area contributed by atoms with Gasteiger partial charge in [0.2, 0.25) is 0 Å². The van der Waals surface area contributed by atoms with E-state index in [1.54, 1.807) is 11.3 Å². The van der Waals surface area contributed by atoms with Crippen molar-refractivity contribution in [2.75, 3.05) is 19.6 Å². The number of rotatable bonds is 5. The molecule has 0 bridgehead atoms. The van der Waals surface area contributed by atoms with Gasteiger partial charge in [-0.15, -0.1) is 16.4 Å². The Morgan fingerprint density at radius 1 is 1.24 bits per heavy atom. The van der Waals surface area contributed by atoms with Crippen molar-refractivity contribution in [3.63, 3.8) is 0 Å². The highest BCUT2D eigenvalue weighted by molar-refractivity contribution is 7.09. The third-order valence-electron chi connectivity index (χ3n) is 4.84. The third kappa shape index (κ3) is 3.72. The first-order chi connectivity index (χ1) is 12.3. The number of thiophene rings is 1. The van der Waals surface area contributed by atoms with Crippen LogP contribution in [0.2, 0.25) is 0 Å². The summed E-state index contributed by atoms with van der Waals surface area (Å²) >= 11 is 1.67. The van der Waals surface area contributed by atoms with E-state index in [0.29, 0.717) is 19.1 Å². The minimum absolute atomic E-state index is 0.132. The highest BCUT2D eigenvalue weighted by atomic mass is 32.1. The van der Waals surface area contributed by atoms with Gasteiger partial charge in [-0.3, -0.25) is 4.79 Å². The fourth-order valence-corrected chi connectivity index (χ4v) is 4.12. The van der Waals surface area contributed by atoms with Crippen LogP contribution in [0, 0.1) is 0 Å². The summed E-state index contributed by atoms with van der Waals surface area (Å²) < 4.78 is 2.06. The average molecular weight is 356 g/mol. The van der Waals surface area contributed by atoms with Crippen molar-refractivity contribution >= 4 is 28.3 Å². The standard InChI is InChI=1S/C18H21N5OS/c24-18(19-12-15-4-3-11-25-15)13-22-9-7-14(8-10-22)23-17-6-2-1-5-16(17)20-21-23/h1-6,11,14H,7-10,12-13H2,(H,19,24)/p+1. The van der Waals surface area contributed by atoms with Crippen LogP contribution in [-0.4, -0.2) is 40.5 Å². The number of aromatic nitrogens is 3. The van der Waals surface area contributed by atoms with Gasteiger partial charge in [-0.1, -0.05) is 23.4 Å². The zero-order valence-corrected chi connectivity index (χ0v) is 14.8. The molecule has 130 valence electrons. The Hall–Kier alpha value is -2.25. The Balaban J connectivity index is 1.29. The molecule has 4 rings (SSSR count). The number of amides is 1. The number of likely N-dealkylation sites (tertiary alicyclic amines) is 1. The van der Waals surface area contributed by atoms with Crippen LogP contribution in [0.15, 0.2) is 41.8 Å². The molecular weight excluding hydrogens is 334 g/mol. The van der Waals surface area contributed by atoms with E-state index in [2.05, 4.69) is 26.4 Å². The monoisotopic (exact) mass is 356 g/mol. The molecule has 1 aliphatic heterocycles. The van der Waals surface area contributed by atoms with Crippen LogP contribution in [0.3, 0.4) is 0 Å². The summed E-state index contributed by atoms with van der Waals surface area (Å²) in [6.45, 7) is 3.17. The molecule has 2 aromatic heterocycles. The summed E-state index contributed by atoms with van der Waals surface area (Å²) in [5, 5.41) is 13.6. The maximum absolute atomic E-state index is 12.1. The van der Waals surface area contributed by atoms with Crippen molar-refractivity contribution in [2.24, 2.45) is 0 Å². The maximum Gasteiger partial charge on any atom is 0.275 e. The van der Waals surface area contributed by atoms with Gasteiger partial charge in [0.25, 0.3) is 5.91 Å². The number of hydrogen-bond donors (Lipinski definition) is 2. The molecule has 0 atom stereocenters. The summed E-state index contributed by atoms with van der Waals surface area (Å²) in [6, 6.07) is 12.5. The van der Waals surface area contributed by atoms with E-state index >= 15 is 0 Å². The van der Waals surface area contributed by atoms with Gasteiger partial charge < -0.3 is 10.2 Å². The van der Waals surface area contributed by atoms with Crippen molar-refractivity contribution in [1.29, 1.82) is 0 Å². The normalized spacial score (nSPS) is 20.6. The number of carbonyl (C=O) groups is 1. The molecule has 1 amide bonds. The second-order valence-electron chi connectivity index (χ2n) is 6.54. The van der Waals surface area contributed by atoms with Crippen LogP contribution in [0.25, 0.3) is 11.0 Å². The van der Waals surface area contributed by atoms with E-state index in [0.717, 1.165) is 37.0 Å². The van der Waals surface area contributed by atoms with Crippen molar-refractivity contribution in [3.8, 4) is 0 Å². The molecule has 1 aromatic carbocycles. The summed E-state index contributed by atoms with van der Waals surface area (Å²) in [4.78, 5) is 14.7. The Morgan fingerprint density at radius 2 is 2.08 bits per heavy atom. The van der Waals surface area contributed by atoms with Gasteiger partial charge in [-0.2, -0.15) is 0 Å². The molecule has 0 radical (unpaired) electrons. The van der Waals surface area contributed by atoms with Crippen LogP contribution in [0.4, 0.5) is 0 Å². The highest BCUT2D eigenvalue weighted by Crippen LogP contribution is 2.21. The number of benzene rings is 1. The average Bonchev–Trinajstić information content (AvgIpc) is 3.30. The molecule has 1 fully saturated rings. The molecule has 25 heavy (non-hydrogen) atoms. The molecule has 0 aliphatic carbocycles. The molecular formula is C18H22N5OS+. The van der Waals surface area contributed by atoms with Crippen LogP contribution in [-0.2, 0) is 11.3 Å². The molecule has 2 N–H and O–H groups in total. The first kappa shape index (κ1) is 16.2. The van der Waals surface area contributed by atoms with Gasteiger partial charge >= 0.3 is 0 Å². The molecule has 1 saturated heterocycles. The molecule has 0 unspecified atom stereocenters. The van der Waals surface area contributed by atoms with Crippen molar-refractivity contribution in [3.05, 3.63) is 46.7 Å². The van der Waals surface area contributed by atoms with Crippen molar-refractivity contribution < 1.29 is 9.69 Å². The molecule has 3 aromatic rings. The summed E-state index contributed by atoms with van der Waals surface area (Å²) in [7, 11) is 0. The number of quaternary nitrogens is 1. The second kappa shape index (κ2) is 7.33. The molecule has 0 saturated carbocycles. The maximum atomic E-state index is 12.1. The van der Waals surface area contributed by atoms with Crippen molar-refractivity contribution in [2.45, 2.75) is 25.4 Å². The Labute approximate surface area is 150 Å². The van der Waals surface area contributed by atoms with E-state index in [-0.39, 0.29) is 5.91 Å². The number of piperidine rings is 1. The third-order valence-corrected chi connectivity index (χ3v) is 5.71. The van der Waals surface area contributed by atoms with E-state index in [1.165, 1.54) is 9.78 Å². The Morgan fingerprint density at radius 3 is 2.88 bits per heavy atom. The predicted octanol–water partition coefficient (Wildman–Crippen LogP) is 1.03. The molecule has 3 heterocycles. The molecule has 0 spiro atoms. The molecule has 6 nitrogen and oxygen atoms in total. The lowest BCUT2D eigenvalue weighted by Crippen LogP contribution is -3.14. The lowest BCUT2D eigenvalue weighted by Gasteiger charge is -2.29. The topological polar surface area (TPSA) is 64.2 Å². The Kier molecular flexibility index (Phi) is 4.76. The van der Waals surface area contributed by atoms with E-state index in [1.807, 2.05) is 35.7 Å².